The van der Waals surface area contributed by atoms with Gasteiger partial charge >= 0.3 is 0 Å². The number of rotatable bonds is 9. The summed E-state index contributed by atoms with van der Waals surface area (Å²) in [4.78, 5) is 2.32. The summed E-state index contributed by atoms with van der Waals surface area (Å²) in [6.45, 7) is 9.42. The molecule has 1 rings (SSSR count). The Kier molecular flexibility index (Phi) is 6.93. The quantitative estimate of drug-likeness (QED) is 0.669. The molecule has 1 N–H and O–H groups in total. The molecular formula is C13H24N2O2. The van der Waals surface area contributed by atoms with Crippen molar-refractivity contribution in [1.29, 1.82) is 0 Å². The predicted molar refractivity (Wildman–Crippen MR) is 68.9 cm³/mol. The number of hydrogen-bond acceptors (Lipinski definition) is 4. The van der Waals surface area contributed by atoms with E-state index in [1.54, 1.807) is 0 Å². The van der Waals surface area contributed by atoms with E-state index in [0.29, 0.717) is 0 Å². The zero-order valence-corrected chi connectivity index (χ0v) is 11.2. The molecule has 0 aliphatic heterocycles. The van der Waals surface area contributed by atoms with E-state index in [2.05, 4.69) is 23.2 Å². The van der Waals surface area contributed by atoms with Crippen LogP contribution >= 0.6 is 0 Å². The molecule has 0 fully saturated rings. The molecule has 0 spiro atoms. The summed E-state index contributed by atoms with van der Waals surface area (Å²) in [7, 11) is 1.94. The first-order valence-corrected chi connectivity index (χ1v) is 6.31. The number of nitrogens with one attached hydrogen (secondary N) is 1. The monoisotopic (exact) mass is 240 g/mol. The zero-order chi connectivity index (χ0) is 12.5. The second kappa shape index (κ2) is 8.28. The molecule has 4 nitrogen and oxygen atoms in total. The van der Waals surface area contributed by atoms with E-state index in [1.165, 1.54) is 5.56 Å². The Morgan fingerprint density at radius 3 is 2.88 bits per heavy atom. The molecule has 1 aromatic rings. The third-order valence-electron chi connectivity index (χ3n) is 2.67. The molecule has 0 atom stereocenters. The van der Waals surface area contributed by atoms with Gasteiger partial charge < -0.3 is 14.5 Å². The van der Waals surface area contributed by atoms with Gasteiger partial charge in [-0.15, -0.1) is 0 Å². The maximum absolute atomic E-state index is 5.53. The van der Waals surface area contributed by atoms with Crippen molar-refractivity contribution < 1.29 is 9.15 Å². The van der Waals surface area contributed by atoms with Gasteiger partial charge in [-0.05, 0) is 26.6 Å². The summed E-state index contributed by atoms with van der Waals surface area (Å²) in [5, 5.41) is 3.11. The summed E-state index contributed by atoms with van der Waals surface area (Å²) in [6.07, 6.45) is 1.82. The second-order valence-corrected chi connectivity index (χ2v) is 4.02. The fourth-order valence-corrected chi connectivity index (χ4v) is 1.71. The molecule has 0 saturated carbocycles. The van der Waals surface area contributed by atoms with Crippen molar-refractivity contribution in [2.75, 3.05) is 33.4 Å². The minimum Gasteiger partial charge on any atom is -0.468 e. The average Bonchev–Trinajstić information content (AvgIpc) is 2.76. The van der Waals surface area contributed by atoms with E-state index in [-0.39, 0.29) is 0 Å². The highest BCUT2D eigenvalue weighted by molar-refractivity contribution is 5.12. The van der Waals surface area contributed by atoms with E-state index in [1.807, 2.05) is 20.2 Å². The molecule has 0 unspecified atom stereocenters. The summed E-state index contributed by atoms with van der Waals surface area (Å²) in [5.74, 6) is 1.02. The lowest BCUT2D eigenvalue weighted by Crippen LogP contribution is -2.26. The standard InChI is InChI=1S/C13H24N2O2/c1-4-15(6-7-16-5-2)10-13-8-12(9-14-3)11-17-13/h8,11,14H,4-7,9-10H2,1-3H3. The molecule has 0 amide bonds. The van der Waals surface area contributed by atoms with Crippen LogP contribution < -0.4 is 5.32 Å². The lowest BCUT2D eigenvalue weighted by atomic mass is 10.3. The van der Waals surface area contributed by atoms with Crippen LogP contribution in [0.2, 0.25) is 0 Å². The van der Waals surface area contributed by atoms with Gasteiger partial charge in [0.25, 0.3) is 0 Å². The molecular weight excluding hydrogens is 216 g/mol. The van der Waals surface area contributed by atoms with Gasteiger partial charge in [-0.1, -0.05) is 6.92 Å². The van der Waals surface area contributed by atoms with Crippen LogP contribution in [0.25, 0.3) is 0 Å². The zero-order valence-electron chi connectivity index (χ0n) is 11.2. The summed E-state index contributed by atoms with van der Waals surface area (Å²) >= 11 is 0. The highest BCUT2D eigenvalue weighted by Gasteiger charge is 2.07. The minimum absolute atomic E-state index is 0.782. The van der Waals surface area contributed by atoms with Gasteiger partial charge in [0.05, 0.1) is 19.4 Å². The number of furan rings is 1. The highest BCUT2D eigenvalue weighted by Crippen LogP contribution is 2.10. The van der Waals surface area contributed by atoms with Gasteiger partial charge in [0.2, 0.25) is 0 Å². The Morgan fingerprint density at radius 2 is 2.24 bits per heavy atom. The van der Waals surface area contributed by atoms with Crippen molar-refractivity contribution in [2.45, 2.75) is 26.9 Å². The van der Waals surface area contributed by atoms with E-state index in [0.717, 1.165) is 45.2 Å². The molecule has 1 aromatic heterocycles. The molecule has 0 aromatic carbocycles. The largest absolute Gasteiger partial charge is 0.468 e. The normalized spacial score (nSPS) is 11.3. The van der Waals surface area contributed by atoms with Gasteiger partial charge in [0.15, 0.2) is 0 Å². The highest BCUT2D eigenvalue weighted by atomic mass is 16.5. The number of nitrogens with zero attached hydrogens (tertiary/aromatic N) is 1. The molecule has 17 heavy (non-hydrogen) atoms. The second-order valence-electron chi connectivity index (χ2n) is 4.02. The molecule has 0 radical (unpaired) electrons. The van der Waals surface area contributed by atoms with E-state index >= 15 is 0 Å². The first-order chi connectivity index (χ1) is 8.30. The van der Waals surface area contributed by atoms with Crippen molar-refractivity contribution in [2.24, 2.45) is 0 Å². The van der Waals surface area contributed by atoms with Crippen molar-refractivity contribution in [3.8, 4) is 0 Å². The Hall–Kier alpha value is -0.840. The van der Waals surface area contributed by atoms with Crippen molar-refractivity contribution in [1.82, 2.24) is 10.2 Å². The average molecular weight is 240 g/mol. The van der Waals surface area contributed by atoms with E-state index in [9.17, 15) is 0 Å². The van der Waals surface area contributed by atoms with Crippen LogP contribution in [-0.4, -0.2) is 38.3 Å². The minimum atomic E-state index is 0.782. The van der Waals surface area contributed by atoms with Crippen LogP contribution in [0.5, 0.6) is 0 Å². The molecule has 4 heteroatoms. The fraction of sp³-hybridized carbons (Fsp3) is 0.692. The van der Waals surface area contributed by atoms with Crippen LogP contribution in [-0.2, 0) is 17.8 Å². The van der Waals surface area contributed by atoms with E-state index < -0.39 is 0 Å². The number of likely N-dealkylation sites (N-methyl/N-ethyl adjacent to an activating group) is 1. The molecule has 0 aliphatic rings. The predicted octanol–water partition coefficient (Wildman–Crippen LogP) is 1.86. The van der Waals surface area contributed by atoms with Crippen LogP contribution in [0.15, 0.2) is 16.7 Å². The van der Waals surface area contributed by atoms with Gasteiger partial charge in [0.1, 0.15) is 5.76 Å². The van der Waals surface area contributed by atoms with Crippen molar-refractivity contribution in [3.05, 3.63) is 23.7 Å². The lowest BCUT2D eigenvalue weighted by molar-refractivity contribution is 0.110. The Balaban J connectivity index is 2.37. The maximum Gasteiger partial charge on any atom is 0.118 e. The molecule has 1 heterocycles. The van der Waals surface area contributed by atoms with Gasteiger partial charge in [-0.2, -0.15) is 0 Å². The van der Waals surface area contributed by atoms with Gasteiger partial charge in [-0.25, -0.2) is 0 Å². The van der Waals surface area contributed by atoms with Gasteiger partial charge in [-0.3, -0.25) is 4.90 Å². The molecule has 0 bridgehead atoms. The van der Waals surface area contributed by atoms with Crippen LogP contribution in [0, 0.1) is 0 Å². The molecule has 98 valence electrons. The number of ether oxygens (including phenoxy) is 1. The Labute approximate surface area is 104 Å². The van der Waals surface area contributed by atoms with Crippen LogP contribution in [0.4, 0.5) is 0 Å². The van der Waals surface area contributed by atoms with E-state index in [4.69, 9.17) is 9.15 Å². The third-order valence-corrected chi connectivity index (χ3v) is 2.67. The first-order valence-electron chi connectivity index (χ1n) is 6.31. The maximum atomic E-state index is 5.53. The summed E-state index contributed by atoms with van der Waals surface area (Å²) in [6, 6.07) is 2.11. The van der Waals surface area contributed by atoms with Crippen molar-refractivity contribution in [3.63, 3.8) is 0 Å². The van der Waals surface area contributed by atoms with Gasteiger partial charge in [0, 0.05) is 25.3 Å². The van der Waals surface area contributed by atoms with Crippen LogP contribution in [0.3, 0.4) is 0 Å². The molecule has 0 aliphatic carbocycles. The SMILES string of the molecule is CCOCCN(CC)Cc1cc(CNC)co1. The third kappa shape index (κ3) is 5.35. The molecule has 0 saturated heterocycles. The summed E-state index contributed by atoms with van der Waals surface area (Å²) < 4.78 is 10.9. The van der Waals surface area contributed by atoms with Crippen LogP contribution in [0.1, 0.15) is 25.2 Å². The smallest absolute Gasteiger partial charge is 0.118 e. The number of hydrogen-bond donors (Lipinski definition) is 1. The fourth-order valence-electron chi connectivity index (χ4n) is 1.71. The Morgan fingerprint density at radius 1 is 1.41 bits per heavy atom. The van der Waals surface area contributed by atoms with Crippen molar-refractivity contribution >= 4 is 0 Å². The first kappa shape index (κ1) is 14.2. The summed E-state index contributed by atoms with van der Waals surface area (Å²) in [5.41, 5.74) is 1.20. The topological polar surface area (TPSA) is 37.6 Å². The Bertz CT molecular complexity index is 299. The lowest BCUT2D eigenvalue weighted by Gasteiger charge is -2.18.